The number of hydrogen-bond donors (Lipinski definition) is 1. The number of imide groups is 1. The maximum Gasteiger partial charge on any atom is 0.255 e. The molecule has 8 rings (SSSR count). The summed E-state index contributed by atoms with van der Waals surface area (Å²) in [5, 5.41) is 2.88. The molecule has 5 heteroatoms. The zero-order chi connectivity index (χ0) is 24.4. The minimum absolute atomic E-state index is 0.144. The van der Waals surface area contributed by atoms with E-state index in [2.05, 4.69) is 29.6 Å². The molecule has 0 radical (unpaired) electrons. The van der Waals surface area contributed by atoms with Crippen LogP contribution in [0.1, 0.15) is 44.4 Å². The lowest BCUT2D eigenvalue weighted by Crippen LogP contribution is -2.41. The second-order valence-electron chi connectivity index (χ2n) is 9.65. The maximum atomic E-state index is 13.9. The topological polar surface area (TPSA) is 66.5 Å². The van der Waals surface area contributed by atoms with Crippen LogP contribution in [0, 0.1) is 11.8 Å². The molecule has 5 nitrogen and oxygen atoms in total. The van der Waals surface area contributed by atoms with E-state index in [1.807, 2.05) is 30.3 Å². The van der Waals surface area contributed by atoms with Gasteiger partial charge in [0.25, 0.3) is 5.91 Å². The summed E-state index contributed by atoms with van der Waals surface area (Å²) in [6.07, 6.45) is 0. The number of nitrogens with zero attached hydrogens (tertiary/aromatic N) is 1. The van der Waals surface area contributed by atoms with Gasteiger partial charge in [0.05, 0.1) is 17.5 Å². The Labute approximate surface area is 208 Å². The van der Waals surface area contributed by atoms with E-state index in [-0.39, 0.29) is 29.6 Å². The van der Waals surface area contributed by atoms with Crippen LogP contribution in [0.4, 0.5) is 11.4 Å². The summed E-state index contributed by atoms with van der Waals surface area (Å²) in [6, 6.07) is 32.3. The van der Waals surface area contributed by atoms with Crippen molar-refractivity contribution in [1.29, 1.82) is 0 Å². The van der Waals surface area contributed by atoms with Crippen molar-refractivity contribution in [3.8, 4) is 0 Å². The molecule has 1 heterocycles. The third-order valence-electron chi connectivity index (χ3n) is 7.85. The molecule has 174 valence electrons. The zero-order valence-electron chi connectivity index (χ0n) is 19.3. The van der Waals surface area contributed by atoms with Gasteiger partial charge < -0.3 is 5.32 Å². The van der Waals surface area contributed by atoms with Gasteiger partial charge in [-0.25, -0.2) is 4.90 Å². The standard InChI is InChI=1S/C31H22N2O3/c34-29(18-9-2-1-3-10-18)32-19-11-8-12-20(17-19)33-30(35)27-25-21-13-4-5-14-22(21)26(28(27)31(33)36)24-16-7-6-15-23(24)25/h1-17,25-28H,(H,32,34)/t25?,26?,27-,28-/m1/s1. The lowest BCUT2D eigenvalue weighted by atomic mass is 9.55. The molecule has 1 fully saturated rings. The van der Waals surface area contributed by atoms with Crippen molar-refractivity contribution in [2.24, 2.45) is 11.8 Å². The molecular formula is C31H22N2O3. The average molecular weight is 471 g/mol. The van der Waals surface area contributed by atoms with Crippen LogP contribution in [-0.4, -0.2) is 17.7 Å². The quantitative estimate of drug-likeness (QED) is 0.411. The number of benzene rings is 4. The number of amides is 3. The molecule has 4 aromatic carbocycles. The van der Waals surface area contributed by atoms with Gasteiger partial charge in [-0.15, -0.1) is 0 Å². The molecule has 0 saturated carbocycles. The van der Waals surface area contributed by atoms with Gasteiger partial charge in [-0.2, -0.15) is 0 Å². The summed E-state index contributed by atoms with van der Waals surface area (Å²) in [7, 11) is 0. The van der Waals surface area contributed by atoms with Crippen molar-refractivity contribution in [2.45, 2.75) is 11.8 Å². The molecule has 1 saturated heterocycles. The first-order chi connectivity index (χ1) is 17.6. The second kappa shape index (κ2) is 7.75. The molecule has 3 aliphatic carbocycles. The van der Waals surface area contributed by atoms with Crippen LogP contribution < -0.4 is 10.2 Å². The lowest BCUT2D eigenvalue weighted by molar-refractivity contribution is -0.122. The van der Waals surface area contributed by atoms with Gasteiger partial charge in [0.1, 0.15) is 0 Å². The predicted octanol–water partition coefficient (Wildman–Crippen LogP) is 5.34. The molecule has 4 aromatic rings. The van der Waals surface area contributed by atoms with Crippen LogP contribution >= 0.6 is 0 Å². The number of nitrogens with one attached hydrogen (secondary N) is 1. The fraction of sp³-hybridized carbons (Fsp3) is 0.129. The third-order valence-corrected chi connectivity index (χ3v) is 7.85. The summed E-state index contributed by atoms with van der Waals surface area (Å²) in [6.45, 7) is 0. The Morgan fingerprint density at radius 1 is 0.611 bits per heavy atom. The third kappa shape index (κ3) is 2.86. The van der Waals surface area contributed by atoms with Crippen LogP contribution in [0.3, 0.4) is 0 Å². The van der Waals surface area contributed by atoms with Gasteiger partial charge in [0, 0.05) is 23.1 Å². The minimum Gasteiger partial charge on any atom is -0.322 e. The van der Waals surface area contributed by atoms with E-state index in [0.29, 0.717) is 16.9 Å². The summed E-state index contributed by atoms with van der Waals surface area (Å²) in [4.78, 5) is 41.9. The Balaban J connectivity index is 1.27. The molecule has 0 unspecified atom stereocenters. The van der Waals surface area contributed by atoms with Crippen LogP contribution in [0.15, 0.2) is 103 Å². The van der Waals surface area contributed by atoms with Gasteiger partial charge in [-0.3, -0.25) is 14.4 Å². The van der Waals surface area contributed by atoms with Crippen LogP contribution in [0.5, 0.6) is 0 Å². The highest BCUT2D eigenvalue weighted by molar-refractivity contribution is 6.23. The van der Waals surface area contributed by atoms with Crippen molar-refractivity contribution in [1.82, 2.24) is 0 Å². The second-order valence-corrected chi connectivity index (χ2v) is 9.65. The van der Waals surface area contributed by atoms with Gasteiger partial charge in [0.2, 0.25) is 11.8 Å². The lowest BCUT2D eigenvalue weighted by Gasteiger charge is -2.45. The Morgan fingerprint density at radius 2 is 1.11 bits per heavy atom. The van der Waals surface area contributed by atoms with Crippen molar-refractivity contribution < 1.29 is 14.4 Å². The maximum absolute atomic E-state index is 13.9. The van der Waals surface area contributed by atoms with E-state index < -0.39 is 11.8 Å². The molecule has 1 aliphatic heterocycles. The smallest absolute Gasteiger partial charge is 0.255 e. The summed E-state index contributed by atoms with van der Waals surface area (Å²) in [5.74, 6) is -1.75. The SMILES string of the molecule is O=C(Nc1cccc(N2C(=O)[C@@H]3C4c5ccccc5C(c5ccccc54)[C@H]3C2=O)c1)c1ccccc1. The van der Waals surface area contributed by atoms with E-state index in [1.54, 1.807) is 48.5 Å². The highest BCUT2D eigenvalue weighted by atomic mass is 16.2. The van der Waals surface area contributed by atoms with Gasteiger partial charge >= 0.3 is 0 Å². The van der Waals surface area contributed by atoms with E-state index >= 15 is 0 Å². The predicted molar refractivity (Wildman–Crippen MR) is 137 cm³/mol. The molecule has 0 aromatic heterocycles. The summed E-state index contributed by atoms with van der Waals surface area (Å²) in [5.41, 5.74) is 6.14. The minimum atomic E-state index is -0.435. The van der Waals surface area contributed by atoms with E-state index in [1.165, 1.54) is 4.90 Å². The Kier molecular flexibility index (Phi) is 4.48. The highest BCUT2D eigenvalue weighted by Gasteiger charge is 2.61. The Hall–Kier alpha value is -4.51. The first kappa shape index (κ1) is 20.8. The molecule has 36 heavy (non-hydrogen) atoms. The normalized spacial score (nSPS) is 23.2. The summed E-state index contributed by atoms with van der Waals surface area (Å²) < 4.78 is 0. The van der Waals surface area contributed by atoms with E-state index in [9.17, 15) is 14.4 Å². The molecule has 3 amide bonds. The van der Waals surface area contributed by atoms with Crippen molar-refractivity contribution >= 4 is 29.1 Å². The van der Waals surface area contributed by atoms with Crippen molar-refractivity contribution in [3.63, 3.8) is 0 Å². The number of hydrogen-bond acceptors (Lipinski definition) is 3. The van der Waals surface area contributed by atoms with E-state index in [4.69, 9.17) is 0 Å². The van der Waals surface area contributed by atoms with Crippen molar-refractivity contribution in [2.75, 3.05) is 10.2 Å². The molecule has 2 bridgehead atoms. The number of rotatable bonds is 3. The number of carbonyl (C=O) groups excluding carboxylic acids is 3. The van der Waals surface area contributed by atoms with Crippen LogP contribution in [-0.2, 0) is 9.59 Å². The molecule has 2 atom stereocenters. The molecule has 4 aliphatic rings. The molecule has 1 N–H and O–H groups in total. The fourth-order valence-electron chi connectivity index (χ4n) is 6.45. The van der Waals surface area contributed by atoms with Crippen molar-refractivity contribution in [3.05, 3.63) is 131 Å². The largest absolute Gasteiger partial charge is 0.322 e. The van der Waals surface area contributed by atoms with Gasteiger partial charge in [-0.05, 0) is 52.6 Å². The Bertz CT molecular complexity index is 1450. The molecular weight excluding hydrogens is 448 g/mol. The van der Waals surface area contributed by atoms with Gasteiger partial charge in [0.15, 0.2) is 0 Å². The van der Waals surface area contributed by atoms with Gasteiger partial charge in [-0.1, -0.05) is 72.8 Å². The van der Waals surface area contributed by atoms with E-state index in [0.717, 1.165) is 22.3 Å². The molecule has 0 spiro atoms. The number of anilines is 2. The highest BCUT2D eigenvalue weighted by Crippen LogP contribution is 2.61. The van der Waals surface area contributed by atoms with Crippen LogP contribution in [0.2, 0.25) is 0 Å². The number of carbonyl (C=O) groups is 3. The Morgan fingerprint density at radius 3 is 1.64 bits per heavy atom. The first-order valence-corrected chi connectivity index (χ1v) is 12.2. The van der Waals surface area contributed by atoms with Crippen LogP contribution in [0.25, 0.3) is 0 Å². The monoisotopic (exact) mass is 470 g/mol. The fourth-order valence-corrected chi connectivity index (χ4v) is 6.45. The zero-order valence-corrected chi connectivity index (χ0v) is 19.3. The average Bonchev–Trinajstić information content (AvgIpc) is 3.19. The summed E-state index contributed by atoms with van der Waals surface area (Å²) >= 11 is 0. The first-order valence-electron chi connectivity index (χ1n) is 12.2.